The van der Waals surface area contributed by atoms with Crippen molar-refractivity contribution in [3.05, 3.63) is 60.2 Å². The molecule has 0 radical (unpaired) electrons. The van der Waals surface area contributed by atoms with Crippen LogP contribution in [0.25, 0.3) is 11.0 Å². The topological polar surface area (TPSA) is 71.2 Å². The molecule has 1 saturated heterocycles. The van der Waals surface area contributed by atoms with Crippen molar-refractivity contribution in [2.75, 3.05) is 13.1 Å². The van der Waals surface area contributed by atoms with Crippen LogP contribution in [0.4, 0.5) is 4.39 Å². The third kappa shape index (κ3) is 3.98. The van der Waals surface area contributed by atoms with Crippen LogP contribution < -0.4 is 0 Å². The fraction of sp³-hybridized carbons (Fsp3) is 0.350. The number of carbonyl (C=O) groups excluding carboxylic acids is 1. The summed E-state index contributed by atoms with van der Waals surface area (Å²) in [6.45, 7) is 1.15. The number of likely N-dealkylation sites (tertiary alicyclic amines) is 1. The number of rotatable bonds is 4. The number of hydrogen-bond donors (Lipinski definition) is 1. The molecule has 7 heteroatoms. The Kier molecular flexibility index (Phi) is 4.61. The van der Waals surface area contributed by atoms with E-state index in [-0.39, 0.29) is 18.3 Å². The van der Waals surface area contributed by atoms with E-state index in [2.05, 4.69) is 10.1 Å². The first-order chi connectivity index (χ1) is 13.0. The number of hydrogen-bond acceptors (Lipinski definition) is 4. The predicted molar refractivity (Wildman–Crippen MR) is 98.4 cm³/mol. The van der Waals surface area contributed by atoms with E-state index in [1.807, 2.05) is 18.3 Å². The minimum atomic E-state index is -0.862. The molecule has 4 rings (SSSR count). The Bertz CT molecular complexity index is 913. The number of aliphatic hydroxyl groups is 1. The number of carbonyl (C=O) groups is 1. The zero-order valence-electron chi connectivity index (χ0n) is 14.9. The Balaban J connectivity index is 1.35. The maximum Gasteiger partial charge on any atom is 0.244 e. The number of halogens is 1. The van der Waals surface area contributed by atoms with Crippen molar-refractivity contribution in [1.82, 2.24) is 19.7 Å². The Morgan fingerprint density at radius 1 is 1.19 bits per heavy atom. The molecule has 1 aliphatic heterocycles. The average Bonchev–Trinajstić information content (AvgIpc) is 3.06. The molecule has 3 heterocycles. The van der Waals surface area contributed by atoms with Crippen molar-refractivity contribution < 1.29 is 14.3 Å². The van der Waals surface area contributed by atoms with Crippen molar-refractivity contribution in [2.24, 2.45) is 0 Å². The summed E-state index contributed by atoms with van der Waals surface area (Å²) in [6.07, 6.45) is 4.95. The van der Waals surface area contributed by atoms with Crippen LogP contribution in [-0.2, 0) is 17.8 Å². The van der Waals surface area contributed by atoms with Gasteiger partial charge in [0.05, 0.1) is 5.60 Å². The fourth-order valence-electron chi connectivity index (χ4n) is 3.56. The lowest BCUT2D eigenvalue weighted by Crippen LogP contribution is -2.48. The van der Waals surface area contributed by atoms with Gasteiger partial charge in [-0.2, -0.15) is 5.10 Å². The molecule has 0 spiro atoms. The number of fused-ring (bicyclic) bond motifs is 1. The van der Waals surface area contributed by atoms with Crippen LogP contribution in [0.3, 0.4) is 0 Å². The van der Waals surface area contributed by atoms with Gasteiger partial charge in [-0.25, -0.2) is 9.37 Å². The Hall–Kier alpha value is -2.80. The fourth-order valence-corrected chi connectivity index (χ4v) is 3.56. The van der Waals surface area contributed by atoms with Crippen molar-refractivity contribution >= 4 is 16.9 Å². The van der Waals surface area contributed by atoms with Gasteiger partial charge < -0.3 is 10.0 Å². The van der Waals surface area contributed by atoms with E-state index in [0.29, 0.717) is 38.0 Å². The van der Waals surface area contributed by atoms with Crippen molar-refractivity contribution in [3.63, 3.8) is 0 Å². The molecular weight excluding hydrogens is 347 g/mol. The van der Waals surface area contributed by atoms with Gasteiger partial charge in [0, 0.05) is 37.3 Å². The van der Waals surface area contributed by atoms with E-state index < -0.39 is 5.60 Å². The number of piperidine rings is 1. The molecule has 6 nitrogen and oxygen atoms in total. The molecule has 1 N–H and O–H groups in total. The van der Waals surface area contributed by atoms with Crippen LogP contribution in [0.2, 0.25) is 0 Å². The lowest BCUT2D eigenvalue weighted by atomic mass is 9.85. The summed E-state index contributed by atoms with van der Waals surface area (Å²) in [7, 11) is 0. The van der Waals surface area contributed by atoms with Crippen LogP contribution in [-0.4, -0.2) is 49.4 Å². The molecule has 27 heavy (non-hydrogen) atoms. The molecular formula is C20H21FN4O2. The van der Waals surface area contributed by atoms with Gasteiger partial charge in [0.1, 0.15) is 12.4 Å². The first-order valence-corrected chi connectivity index (χ1v) is 9.04. The number of nitrogens with zero attached hydrogens (tertiary/aromatic N) is 4. The summed E-state index contributed by atoms with van der Waals surface area (Å²) in [5, 5.41) is 16.0. The second kappa shape index (κ2) is 7.08. The highest BCUT2D eigenvalue weighted by Crippen LogP contribution is 2.26. The third-order valence-corrected chi connectivity index (χ3v) is 5.12. The van der Waals surface area contributed by atoms with Crippen LogP contribution in [0.5, 0.6) is 0 Å². The lowest BCUT2D eigenvalue weighted by molar-refractivity contribution is -0.136. The quantitative estimate of drug-likeness (QED) is 0.766. The zero-order chi connectivity index (χ0) is 18.9. The SMILES string of the molecule is O=C(Cn1cc2cccnc2n1)N1CCC(O)(Cc2ccc(F)cc2)CC1. The highest BCUT2D eigenvalue weighted by molar-refractivity contribution is 5.78. The van der Waals surface area contributed by atoms with Crippen molar-refractivity contribution in [2.45, 2.75) is 31.4 Å². The van der Waals surface area contributed by atoms with Crippen LogP contribution in [0.1, 0.15) is 18.4 Å². The van der Waals surface area contributed by atoms with Gasteiger partial charge in [-0.05, 0) is 42.7 Å². The zero-order valence-corrected chi connectivity index (χ0v) is 14.9. The summed E-state index contributed by atoms with van der Waals surface area (Å²) >= 11 is 0. The molecule has 1 aliphatic rings. The summed E-state index contributed by atoms with van der Waals surface area (Å²) < 4.78 is 14.6. The summed E-state index contributed by atoms with van der Waals surface area (Å²) in [5.41, 5.74) is 0.658. The third-order valence-electron chi connectivity index (χ3n) is 5.12. The molecule has 0 atom stereocenters. The summed E-state index contributed by atoms with van der Waals surface area (Å²) in [4.78, 5) is 18.5. The van der Waals surface area contributed by atoms with Gasteiger partial charge in [0.25, 0.3) is 0 Å². The number of aromatic nitrogens is 3. The number of pyridine rings is 1. The monoisotopic (exact) mass is 368 g/mol. The molecule has 1 amide bonds. The molecule has 0 unspecified atom stereocenters. The lowest BCUT2D eigenvalue weighted by Gasteiger charge is -2.38. The second-order valence-electron chi connectivity index (χ2n) is 7.15. The maximum absolute atomic E-state index is 13.0. The molecule has 1 fully saturated rings. The van der Waals surface area contributed by atoms with Crippen molar-refractivity contribution in [3.8, 4) is 0 Å². The molecule has 2 aromatic heterocycles. The van der Waals surface area contributed by atoms with Gasteiger partial charge in [-0.1, -0.05) is 12.1 Å². The molecule has 1 aromatic carbocycles. The Morgan fingerprint density at radius 3 is 2.63 bits per heavy atom. The molecule has 140 valence electrons. The van der Waals surface area contributed by atoms with E-state index >= 15 is 0 Å². The Labute approximate surface area is 156 Å². The van der Waals surface area contributed by atoms with Crippen LogP contribution >= 0.6 is 0 Å². The molecule has 0 aliphatic carbocycles. The average molecular weight is 368 g/mol. The minimum Gasteiger partial charge on any atom is -0.389 e. The first kappa shape index (κ1) is 17.6. The maximum atomic E-state index is 13.0. The molecule has 0 saturated carbocycles. The second-order valence-corrected chi connectivity index (χ2v) is 7.15. The van der Waals surface area contributed by atoms with Gasteiger partial charge in [-0.15, -0.1) is 0 Å². The van der Waals surface area contributed by atoms with E-state index in [0.717, 1.165) is 10.9 Å². The minimum absolute atomic E-state index is 0.0216. The summed E-state index contributed by atoms with van der Waals surface area (Å²) in [6, 6.07) is 9.94. The van der Waals surface area contributed by atoms with Gasteiger partial charge in [-0.3, -0.25) is 9.48 Å². The van der Waals surface area contributed by atoms with E-state index in [4.69, 9.17) is 0 Å². The molecule has 3 aromatic rings. The smallest absolute Gasteiger partial charge is 0.244 e. The van der Waals surface area contributed by atoms with Crippen molar-refractivity contribution in [1.29, 1.82) is 0 Å². The van der Waals surface area contributed by atoms with E-state index in [9.17, 15) is 14.3 Å². The van der Waals surface area contributed by atoms with Gasteiger partial charge in [0.2, 0.25) is 5.91 Å². The van der Waals surface area contributed by atoms with E-state index in [1.165, 1.54) is 12.1 Å². The van der Waals surface area contributed by atoms with Crippen LogP contribution in [0.15, 0.2) is 48.8 Å². The normalized spacial score (nSPS) is 16.6. The first-order valence-electron chi connectivity index (χ1n) is 9.04. The predicted octanol–water partition coefficient (Wildman–Crippen LogP) is 2.17. The number of amides is 1. The largest absolute Gasteiger partial charge is 0.389 e. The number of benzene rings is 1. The molecule has 0 bridgehead atoms. The highest BCUT2D eigenvalue weighted by atomic mass is 19.1. The Morgan fingerprint density at radius 2 is 1.93 bits per heavy atom. The van der Waals surface area contributed by atoms with Gasteiger partial charge >= 0.3 is 0 Å². The van der Waals surface area contributed by atoms with Gasteiger partial charge in [0.15, 0.2) is 5.65 Å². The summed E-state index contributed by atoms with van der Waals surface area (Å²) in [5.74, 6) is -0.306. The highest BCUT2D eigenvalue weighted by Gasteiger charge is 2.34. The van der Waals surface area contributed by atoms with Crippen LogP contribution in [0, 0.1) is 5.82 Å². The van der Waals surface area contributed by atoms with E-state index in [1.54, 1.807) is 27.9 Å². The standard InChI is InChI=1S/C20H21FN4O2/c21-17-5-3-15(4-6-17)12-20(27)7-10-24(11-8-20)18(26)14-25-13-16-2-1-9-22-19(16)23-25/h1-6,9,13,27H,7-8,10-12,14H2.